The molecule has 3 atom stereocenters. The van der Waals surface area contributed by atoms with E-state index in [1.807, 2.05) is 0 Å². The molecular formula is C14H25BrO. The van der Waals surface area contributed by atoms with Crippen molar-refractivity contribution in [1.29, 1.82) is 0 Å². The van der Waals surface area contributed by atoms with E-state index in [4.69, 9.17) is 4.74 Å². The van der Waals surface area contributed by atoms with E-state index >= 15 is 0 Å². The number of hydrogen-bond donors (Lipinski definition) is 0. The Hall–Kier alpha value is 0.440. The third kappa shape index (κ3) is 3.46. The molecule has 1 saturated carbocycles. The van der Waals surface area contributed by atoms with Crippen LogP contribution in [0.2, 0.25) is 0 Å². The standard InChI is InChI=1S/C14H25BrO/c1-14(2)9-8-12(16-14)10-11-6-4-3-5-7-13(11)15/h11-13H,3-10H2,1-2H3. The first-order valence-electron chi connectivity index (χ1n) is 6.89. The van der Waals surface area contributed by atoms with Crippen LogP contribution in [0, 0.1) is 5.92 Å². The lowest BCUT2D eigenvalue weighted by Crippen LogP contribution is -2.24. The van der Waals surface area contributed by atoms with Gasteiger partial charge in [0.2, 0.25) is 0 Å². The van der Waals surface area contributed by atoms with Gasteiger partial charge in [-0.3, -0.25) is 0 Å². The molecule has 1 nitrogen and oxygen atoms in total. The Balaban J connectivity index is 1.84. The summed E-state index contributed by atoms with van der Waals surface area (Å²) in [6.07, 6.45) is 11.3. The average molecular weight is 289 g/mol. The Labute approximate surface area is 108 Å². The number of alkyl halides is 1. The SMILES string of the molecule is CC1(C)CCC(CC2CCCCCC2Br)O1. The van der Waals surface area contributed by atoms with Gasteiger partial charge in [0.1, 0.15) is 0 Å². The predicted molar refractivity (Wildman–Crippen MR) is 72.1 cm³/mol. The summed E-state index contributed by atoms with van der Waals surface area (Å²) in [5.74, 6) is 0.849. The largest absolute Gasteiger partial charge is 0.372 e. The van der Waals surface area contributed by atoms with Gasteiger partial charge in [0, 0.05) is 4.83 Å². The van der Waals surface area contributed by atoms with Crippen molar-refractivity contribution >= 4 is 15.9 Å². The molecule has 94 valence electrons. The topological polar surface area (TPSA) is 9.23 Å². The van der Waals surface area contributed by atoms with Gasteiger partial charge in [-0.05, 0) is 51.9 Å². The molecule has 1 aliphatic heterocycles. The van der Waals surface area contributed by atoms with Crippen molar-refractivity contribution in [3.8, 4) is 0 Å². The van der Waals surface area contributed by atoms with Crippen molar-refractivity contribution in [2.24, 2.45) is 5.92 Å². The molecule has 0 aromatic rings. The van der Waals surface area contributed by atoms with Crippen LogP contribution in [0.3, 0.4) is 0 Å². The normalized spacial score (nSPS) is 39.6. The van der Waals surface area contributed by atoms with E-state index in [1.165, 1.54) is 51.4 Å². The molecular weight excluding hydrogens is 264 g/mol. The fraction of sp³-hybridized carbons (Fsp3) is 1.00. The molecule has 0 bridgehead atoms. The lowest BCUT2D eigenvalue weighted by atomic mass is 9.92. The average Bonchev–Trinajstić information content (AvgIpc) is 2.41. The highest BCUT2D eigenvalue weighted by Gasteiger charge is 2.34. The van der Waals surface area contributed by atoms with Crippen LogP contribution in [0.1, 0.15) is 65.2 Å². The Morgan fingerprint density at radius 2 is 1.88 bits per heavy atom. The molecule has 0 N–H and O–H groups in total. The van der Waals surface area contributed by atoms with E-state index in [2.05, 4.69) is 29.8 Å². The van der Waals surface area contributed by atoms with Crippen molar-refractivity contribution in [3.63, 3.8) is 0 Å². The number of halogens is 1. The predicted octanol–water partition coefficient (Wildman–Crippen LogP) is 4.68. The fourth-order valence-electron chi connectivity index (χ4n) is 3.19. The molecule has 1 aliphatic carbocycles. The summed E-state index contributed by atoms with van der Waals surface area (Å²) in [6, 6.07) is 0. The van der Waals surface area contributed by atoms with Gasteiger partial charge < -0.3 is 4.74 Å². The van der Waals surface area contributed by atoms with Crippen LogP contribution in [0.25, 0.3) is 0 Å². The molecule has 2 aliphatic rings. The van der Waals surface area contributed by atoms with Gasteiger partial charge in [-0.1, -0.05) is 35.2 Å². The summed E-state index contributed by atoms with van der Waals surface area (Å²) in [5.41, 5.74) is 0.136. The van der Waals surface area contributed by atoms with Crippen LogP contribution in [0.5, 0.6) is 0 Å². The fourth-order valence-corrected chi connectivity index (χ4v) is 3.99. The summed E-state index contributed by atoms with van der Waals surface area (Å²) in [6.45, 7) is 4.46. The second kappa shape index (κ2) is 5.39. The maximum Gasteiger partial charge on any atom is 0.0631 e. The second-order valence-corrected chi connectivity index (χ2v) is 7.36. The minimum Gasteiger partial charge on any atom is -0.372 e. The molecule has 2 rings (SSSR count). The zero-order valence-corrected chi connectivity index (χ0v) is 12.3. The molecule has 0 radical (unpaired) electrons. The molecule has 0 aromatic carbocycles. The van der Waals surface area contributed by atoms with Gasteiger partial charge in [-0.25, -0.2) is 0 Å². The van der Waals surface area contributed by atoms with Gasteiger partial charge in [0.15, 0.2) is 0 Å². The highest BCUT2D eigenvalue weighted by Crippen LogP contribution is 2.37. The highest BCUT2D eigenvalue weighted by molar-refractivity contribution is 9.09. The van der Waals surface area contributed by atoms with E-state index in [-0.39, 0.29) is 5.60 Å². The first-order chi connectivity index (χ1) is 7.57. The van der Waals surface area contributed by atoms with Crippen molar-refractivity contribution in [2.45, 2.75) is 81.7 Å². The summed E-state index contributed by atoms with van der Waals surface area (Å²) in [7, 11) is 0. The quantitative estimate of drug-likeness (QED) is 0.530. The Morgan fingerprint density at radius 1 is 1.12 bits per heavy atom. The van der Waals surface area contributed by atoms with Crippen molar-refractivity contribution in [2.75, 3.05) is 0 Å². The monoisotopic (exact) mass is 288 g/mol. The molecule has 16 heavy (non-hydrogen) atoms. The number of hydrogen-bond acceptors (Lipinski definition) is 1. The van der Waals surface area contributed by atoms with Crippen molar-refractivity contribution in [3.05, 3.63) is 0 Å². The first-order valence-corrected chi connectivity index (χ1v) is 7.80. The van der Waals surface area contributed by atoms with Crippen LogP contribution in [0.4, 0.5) is 0 Å². The molecule has 0 spiro atoms. The summed E-state index contributed by atoms with van der Waals surface area (Å²) in [5, 5.41) is 0. The smallest absolute Gasteiger partial charge is 0.0631 e. The maximum atomic E-state index is 6.12. The Morgan fingerprint density at radius 3 is 2.56 bits per heavy atom. The van der Waals surface area contributed by atoms with E-state index in [0.29, 0.717) is 6.10 Å². The van der Waals surface area contributed by atoms with Crippen LogP contribution >= 0.6 is 15.9 Å². The highest BCUT2D eigenvalue weighted by atomic mass is 79.9. The number of rotatable bonds is 2. The van der Waals surface area contributed by atoms with Gasteiger partial charge in [0.05, 0.1) is 11.7 Å². The minimum absolute atomic E-state index is 0.136. The van der Waals surface area contributed by atoms with E-state index in [1.54, 1.807) is 0 Å². The van der Waals surface area contributed by atoms with Crippen LogP contribution in [-0.2, 0) is 4.74 Å². The summed E-state index contributed by atoms with van der Waals surface area (Å²) >= 11 is 3.88. The van der Waals surface area contributed by atoms with Crippen LogP contribution < -0.4 is 0 Å². The first kappa shape index (κ1) is 12.9. The third-order valence-corrected chi connectivity index (χ3v) is 5.39. The zero-order valence-electron chi connectivity index (χ0n) is 10.7. The van der Waals surface area contributed by atoms with Crippen LogP contribution in [0.15, 0.2) is 0 Å². The molecule has 3 unspecified atom stereocenters. The summed E-state index contributed by atoms with van der Waals surface area (Å²) < 4.78 is 6.12. The zero-order chi connectivity index (χ0) is 11.6. The molecule has 2 heteroatoms. The summed E-state index contributed by atoms with van der Waals surface area (Å²) in [4.78, 5) is 0.738. The molecule has 0 aromatic heterocycles. The van der Waals surface area contributed by atoms with Gasteiger partial charge in [-0.2, -0.15) is 0 Å². The van der Waals surface area contributed by atoms with Gasteiger partial charge >= 0.3 is 0 Å². The van der Waals surface area contributed by atoms with Gasteiger partial charge in [0.25, 0.3) is 0 Å². The van der Waals surface area contributed by atoms with Gasteiger partial charge in [-0.15, -0.1) is 0 Å². The molecule has 1 saturated heterocycles. The van der Waals surface area contributed by atoms with E-state index in [0.717, 1.165) is 10.7 Å². The Bertz CT molecular complexity index is 227. The van der Waals surface area contributed by atoms with Crippen molar-refractivity contribution < 1.29 is 4.74 Å². The molecule has 2 fully saturated rings. The van der Waals surface area contributed by atoms with Crippen LogP contribution in [-0.4, -0.2) is 16.5 Å². The minimum atomic E-state index is 0.136. The third-order valence-electron chi connectivity index (χ3n) is 4.19. The lowest BCUT2D eigenvalue weighted by molar-refractivity contribution is -0.0249. The lowest BCUT2D eigenvalue weighted by Gasteiger charge is -2.25. The Kier molecular flexibility index (Phi) is 4.34. The van der Waals surface area contributed by atoms with E-state index in [9.17, 15) is 0 Å². The van der Waals surface area contributed by atoms with Crippen molar-refractivity contribution in [1.82, 2.24) is 0 Å². The van der Waals surface area contributed by atoms with E-state index < -0.39 is 0 Å². The maximum absolute atomic E-state index is 6.12. The second-order valence-electron chi connectivity index (χ2n) is 6.19. The molecule has 0 amide bonds. The molecule has 1 heterocycles. The number of ether oxygens (including phenoxy) is 1.